The number of nitrogens with one attached hydrogen (secondary N) is 1. The SMILES string of the molecule is CCN(c1ccnc(Nc2cccc(C)c2)n1)C1CCS(=O)(=O)C1. The van der Waals surface area contributed by atoms with E-state index >= 15 is 0 Å². The molecule has 1 aliphatic rings. The van der Waals surface area contributed by atoms with Gasteiger partial charge in [-0.25, -0.2) is 13.4 Å². The fraction of sp³-hybridized carbons (Fsp3) is 0.412. The maximum Gasteiger partial charge on any atom is 0.229 e. The molecule has 3 rings (SSSR count). The fourth-order valence-electron chi connectivity index (χ4n) is 3.05. The van der Waals surface area contributed by atoms with Gasteiger partial charge < -0.3 is 10.2 Å². The van der Waals surface area contributed by atoms with Gasteiger partial charge in [-0.15, -0.1) is 0 Å². The normalized spacial score (nSPS) is 19.2. The van der Waals surface area contributed by atoms with Crippen LogP contribution in [0.2, 0.25) is 0 Å². The van der Waals surface area contributed by atoms with E-state index in [1.54, 1.807) is 6.20 Å². The molecule has 0 bridgehead atoms. The first-order valence-corrected chi connectivity index (χ1v) is 9.93. The zero-order chi connectivity index (χ0) is 17.2. The van der Waals surface area contributed by atoms with Crippen molar-refractivity contribution in [2.45, 2.75) is 26.3 Å². The maximum absolute atomic E-state index is 11.8. The highest BCUT2D eigenvalue weighted by atomic mass is 32.2. The van der Waals surface area contributed by atoms with E-state index in [1.807, 2.05) is 49.1 Å². The molecule has 24 heavy (non-hydrogen) atoms. The topological polar surface area (TPSA) is 75.2 Å². The molecule has 2 aromatic rings. The summed E-state index contributed by atoms with van der Waals surface area (Å²) < 4.78 is 23.5. The van der Waals surface area contributed by atoms with Gasteiger partial charge in [-0.1, -0.05) is 12.1 Å². The molecule has 7 heteroatoms. The predicted octanol–water partition coefficient (Wildman–Crippen LogP) is 2.54. The molecule has 1 atom stereocenters. The van der Waals surface area contributed by atoms with Crippen molar-refractivity contribution in [3.8, 4) is 0 Å². The average molecular weight is 346 g/mol. The van der Waals surface area contributed by atoms with Crippen molar-refractivity contribution < 1.29 is 8.42 Å². The monoisotopic (exact) mass is 346 g/mol. The Morgan fingerprint density at radius 3 is 2.83 bits per heavy atom. The van der Waals surface area contributed by atoms with Crippen molar-refractivity contribution in [3.05, 3.63) is 42.1 Å². The van der Waals surface area contributed by atoms with Crippen molar-refractivity contribution in [2.24, 2.45) is 0 Å². The number of nitrogens with zero attached hydrogens (tertiary/aromatic N) is 3. The number of sulfone groups is 1. The van der Waals surface area contributed by atoms with Crippen LogP contribution in [0.3, 0.4) is 0 Å². The molecule has 2 heterocycles. The van der Waals surface area contributed by atoms with E-state index in [1.165, 1.54) is 0 Å². The number of aryl methyl sites for hydroxylation is 1. The van der Waals surface area contributed by atoms with Crippen LogP contribution in [0.25, 0.3) is 0 Å². The summed E-state index contributed by atoms with van der Waals surface area (Å²) >= 11 is 0. The zero-order valence-electron chi connectivity index (χ0n) is 13.9. The molecule has 1 unspecified atom stereocenters. The van der Waals surface area contributed by atoms with Crippen LogP contribution in [0.1, 0.15) is 18.9 Å². The molecule has 128 valence electrons. The minimum absolute atomic E-state index is 0.0123. The number of hydrogen-bond acceptors (Lipinski definition) is 6. The Morgan fingerprint density at radius 2 is 2.17 bits per heavy atom. The second-order valence-corrected chi connectivity index (χ2v) is 8.30. The third-order valence-corrected chi connectivity index (χ3v) is 5.95. The van der Waals surface area contributed by atoms with Crippen molar-refractivity contribution in [1.82, 2.24) is 9.97 Å². The first-order chi connectivity index (χ1) is 11.5. The molecule has 0 spiro atoms. The molecule has 0 saturated carbocycles. The van der Waals surface area contributed by atoms with E-state index in [4.69, 9.17) is 0 Å². The van der Waals surface area contributed by atoms with Crippen molar-refractivity contribution in [3.63, 3.8) is 0 Å². The molecular weight excluding hydrogens is 324 g/mol. The van der Waals surface area contributed by atoms with Gasteiger partial charge in [-0.05, 0) is 44.0 Å². The Labute approximate surface area is 142 Å². The van der Waals surface area contributed by atoms with E-state index in [2.05, 4.69) is 15.3 Å². The number of hydrogen-bond donors (Lipinski definition) is 1. The molecule has 0 radical (unpaired) electrons. The zero-order valence-corrected chi connectivity index (χ0v) is 14.8. The minimum Gasteiger partial charge on any atom is -0.353 e. The first kappa shape index (κ1) is 16.7. The van der Waals surface area contributed by atoms with Crippen molar-refractivity contribution in [1.29, 1.82) is 0 Å². The van der Waals surface area contributed by atoms with Crippen LogP contribution in [-0.2, 0) is 9.84 Å². The van der Waals surface area contributed by atoms with E-state index < -0.39 is 9.84 Å². The fourth-order valence-corrected chi connectivity index (χ4v) is 4.78. The van der Waals surface area contributed by atoms with Crippen LogP contribution in [0.4, 0.5) is 17.5 Å². The Balaban J connectivity index is 1.81. The van der Waals surface area contributed by atoms with Gasteiger partial charge in [0.1, 0.15) is 5.82 Å². The molecule has 1 aromatic heterocycles. The number of rotatable bonds is 5. The van der Waals surface area contributed by atoms with Crippen LogP contribution in [0.15, 0.2) is 36.5 Å². The third-order valence-electron chi connectivity index (χ3n) is 4.20. The van der Waals surface area contributed by atoms with Gasteiger partial charge in [0.15, 0.2) is 9.84 Å². The lowest BCUT2D eigenvalue weighted by Gasteiger charge is -2.28. The second kappa shape index (κ2) is 6.76. The standard InChI is InChI=1S/C17H22N4O2S/c1-3-21(15-8-10-24(22,23)12-15)16-7-9-18-17(20-16)19-14-6-4-5-13(2)11-14/h4-7,9,11,15H,3,8,10,12H2,1-2H3,(H,18,19,20). The van der Waals surface area contributed by atoms with Gasteiger partial charge >= 0.3 is 0 Å². The average Bonchev–Trinajstić information content (AvgIpc) is 2.88. The predicted molar refractivity (Wildman–Crippen MR) is 96.6 cm³/mol. The molecule has 6 nitrogen and oxygen atoms in total. The molecule has 0 amide bonds. The Hall–Kier alpha value is -2.15. The summed E-state index contributed by atoms with van der Waals surface area (Å²) in [6.07, 6.45) is 2.35. The second-order valence-electron chi connectivity index (χ2n) is 6.08. The van der Waals surface area contributed by atoms with Gasteiger partial charge in [-0.3, -0.25) is 0 Å². The molecule has 0 aliphatic carbocycles. The van der Waals surface area contributed by atoms with E-state index in [0.717, 1.165) is 17.1 Å². The lowest BCUT2D eigenvalue weighted by atomic mass is 10.2. The summed E-state index contributed by atoms with van der Waals surface area (Å²) in [5, 5.41) is 3.20. The molecule has 1 N–H and O–H groups in total. The van der Waals surface area contributed by atoms with Gasteiger partial charge in [0, 0.05) is 24.5 Å². The van der Waals surface area contributed by atoms with Gasteiger partial charge in [0.25, 0.3) is 0 Å². The van der Waals surface area contributed by atoms with Crippen LogP contribution in [0, 0.1) is 6.92 Å². The quantitative estimate of drug-likeness (QED) is 0.897. The summed E-state index contributed by atoms with van der Waals surface area (Å²) in [6.45, 7) is 4.75. The van der Waals surface area contributed by atoms with E-state index in [9.17, 15) is 8.42 Å². The molecule has 1 saturated heterocycles. The molecule has 1 aromatic carbocycles. The molecule has 1 fully saturated rings. The van der Waals surface area contributed by atoms with Crippen LogP contribution in [0.5, 0.6) is 0 Å². The summed E-state index contributed by atoms with van der Waals surface area (Å²) in [7, 11) is -2.92. The maximum atomic E-state index is 11.8. The number of anilines is 3. The van der Waals surface area contributed by atoms with E-state index in [-0.39, 0.29) is 17.5 Å². The Bertz CT molecular complexity index is 823. The minimum atomic E-state index is -2.92. The summed E-state index contributed by atoms with van der Waals surface area (Å²) in [4.78, 5) is 10.9. The van der Waals surface area contributed by atoms with Crippen molar-refractivity contribution in [2.75, 3.05) is 28.3 Å². The highest BCUT2D eigenvalue weighted by Gasteiger charge is 2.32. The van der Waals surface area contributed by atoms with Gasteiger partial charge in [0.2, 0.25) is 5.95 Å². The summed E-state index contributed by atoms with van der Waals surface area (Å²) in [5.74, 6) is 1.72. The smallest absolute Gasteiger partial charge is 0.229 e. The van der Waals surface area contributed by atoms with E-state index in [0.29, 0.717) is 18.9 Å². The molecule has 1 aliphatic heterocycles. The van der Waals surface area contributed by atoms with Gasteiger partial charge in [0.05, 0.1) is 11.5 Å². The van der Waals surface area contributed by atoms with Crippen LogP contribution >= 0.6 is 0 Å². The highest BCUT2D eigenvalue weighted by Crippen LogP contribution is 2.24. The third kappa shape index (κ3) is 3.84. The lowest BCUT2D eigenvalue weighted by Crippen LogP contribution is -2.36. The highest BCUT2D eigenvalue weighted by molar-refractivity contribution is 7.91. The van der Waals surface area contributed by atoms with Gasteiger partial charge in [-0.2, -0.15) is 4.98 Å². The summed E-state index contributed by atoms with van der Waals surface area (Å²) in [5.41, 5.74) is 2.08. The lowest BCUT2D eigenvalue weighted by molar-refractivity contribution is 0.599. The van der Waals surface area contributed by atoms with Crippen LogP contribution in [-0.4, -0.2) is 42.5 Å². The summed E-state index contributed by atoms with van der Waals surface area (Å²) in [6, 6.07) is 9.81. The largest absolute Gasteiger partial charge is 0.353 e. The van der Waals surface area contributed by atoms with Crippen molar-refractivity contribution >= 4 is 27.3 Å². The first-order valence-electron chi connectivity index (χ1n) is 8.10. The Kier molecular flexibility index (Phi) is 4.71. The number of aromatic nitrogens is 2. The Morgan fingerprint density at radius 1 is 1.33 bits per heavy atom. The van der Waals surface area contributed by atoms with Crippen LogP contribution < -0.4 is 10.2 Å². The molecular formula is C17H22N4O2S. The number of benzene rings is 1.